The van der Waals surface area contributed by atoms with Crippen molar-refractivity contribution < 1.29 is 9.21 Å². The number of carbonyl (C=O) groups excluding carboxylic acids is 1. The van der Waals surface area contributed by atoms with E-state index in [1.165, 1.54) is 11.6 Å². The summed E-state index contributed by atoms with van der Waals surface area (Å²) in [5.41, 5.74) is 2.20. The molecule has 0 N–H and O–H groups in total. The molecule has 0 saturated carbocycles. The number of amides is 1. The quantitative estimate of drug-likeness (QED) is 0.677. The van der Waals surface area contributed by atoms with Crippen LogP contribution in [-0.2, 0) is 6.54 Å². The maximum absolute atomic E-state index is 12.9. The Morgan fingerprint density at radius 2 is 1.79 bits per heavy atom. The van der Waals surface area contributed by atoms with E-state index in [-0.39, 0.29) is 17.1 Å². The third-order valence-electron chi connectivity index (χ3n) is 5.13. The second kappa shape index (κ2) is 7.78. The third-order valence-corrected chi connectivity index (χ3v) is 5.53. The standard InChI is InChI=1S/C22H21ClN2O3/c1-15-11-20-17(12-18(15)23)19(26)13-21(28-20)22(27)25-9-7-24(8-10-25)14-16-5-3-2-4-6-16/h2-6,11-13H,7-10,14H2,1H3. The highest BCUT2D eigenvalue weighted by atomic mass is 35.5. The van der Waals surface area contributed by atoms with Gasteiger partial charge in [0, 0.05) is 43.8 Å². The van der Waals surface area contributed by atoms with Crippen LogP contribution in [0.2, 0.25) is 5.02 Å². The van der Waals surface area contributed by atoms with E-state index in [0.717, 1.165) is 25.2 Å². The Morgan fingerprint density at radius 3 is 2.50 bits per heavy atom. The molecule has 1 saturated heterocycles. The Morgan fingerprint density at radius 1 is 1.07 bits per heavy atom. The monoisotopic (exact) mass is 396 g/mol. The summed E-state index contributed by atoms with van der Waals surface area (Å²) in [6, 6.07) is 14.9. The van der Waals surface area contributed by atoms with E-state index >= 15 is 0 Å². The van der Waals surface area contributed by atoms with Crippen molar-refractivity contribution in [3.8, 4) is 0 Å². The van der Waals surface area contributed by atoms with Gasteiger partial charge >= 0.3 is 0 Å². The summed E-state index contributed by atoms with van der Waals surface area (Å²) in [7, 11) is 0. The Kier molecular flexibility index (Phi) is 5.20. The number of halogens is 1. The minimum atomic E-state index is -0.255. The Balaban J connectivity index is 1.48. The van der Waals surface area contributed by atoms with Crippen molar-refractivity contribution in [3.63, 3.8) is 0 Å². The molecule has 1 aliphatic rings. The maximum atomic E-state index is 12.9. The second-order valence-corrected chi connectivity index (χ2v) is 7.53. The molecule has 1 aliphatic heterocycles. The molecule has 144 valence electrons. The van der Waals surface area contributed by atoms with Gasteiger partial charge < -0.3 is 9.32 Å². The number of nitrogens with zero attached hydrogens (tertiary/aromatic N) is 2. The van der Waals surface area contributed by atoms with Gasteiger partial charge in [-0.3, -0.25) is 14.5 Å². The molecule has 3 aromatic rings. The summed E-state index contributed by atoms with van der Waals surface area (Å²) >= 11 is 6.09. The smallest absolute Gasteiger partial charge is 0.289 e. The molecule has 0 unspecified atom stereocenters. The van der Waals surface area contributed by atoms with Gasteiger partial charge in [-0.25, -0.2) is 0 Å². The van der Waals surface area contributed by atoms with Gasteiger partial charge in [0.25, 0.3) is 5.91 Å². The largest absolute Gasteiger partial charge is 0.451 e. The highest BCUT2D eigenvalue weighted by Gasteiger charge is 2.24. The van der Waals surface area contributed by atoms with Gasteiger partial charge in [0.1, 0.15) is 5.58 Å². The molecular formula is C22H21ClN2O3. The van der Waals surface area contributed by atoms with Crippen LogP contribution in [-0.4, -0.2) is 41.9 Å². The lowest BCUT2D eigenvalue weighted by Crippen LogP contribution is -2.48. The van der Waals surface area contributed by atoms with Gasteiger partial charge in [0.05, 0.1) is 5.39 Å². The van der Waals surface area contributed by atoms with Crippen LogP contribution < -0.4 is 5.43 Å². The van der Waals surface area contributed by atoms with Crippen molar-refractivity contribution >= 4 is 28.5 Å². The average Bonchev–Trinajstić information content (AvgIpc) is 2.70. The van der Waals surface area contributed by atoms with E-state index < -0.39 is 0 Å². The number of hydrogen-bond acceptors (Lipinski definition) is 4. The van der Waals surface area contributed by atoms with Crippen molar-refractivity contribution in [1.82, 2.24) is 9.80 Å². The van der Waals surface area contributed by atoms with Gasteiger partial charge in [-0.15, -0.1) is 0 Å². The first kappa shape index (κ1) is 18.7. The predicted molar refractivity (Wildman–Crippen MR) is 110 cm³/mol. The van der Waals surface area contributed by atoms with E-state index in [2.05, 4.69) is 17.0 Å². The van der Waals surface area contributed by atoms with Crippen molar-refractivity contribution in [2.75, 3.05) is 26.2 Å². The fourth-order valence-electron chi connectivity index (χ4n) is 3.49. The lowest BCUT2D eigenvalue weighted by atomic mass is 10.1. The molecule has 4 rings (SSSR count). The van der Waals surface area contributed by atoms with Gasteiger partial charge in [-0.05, 0) is 30.2 Å². The number of carbonyl (C=O) groups is 1. The molecule has 2 heterocycles. The van der Waals surface area contributed by atoms with Crippen LogP contribution in [0, 0.1) is 6.92 Å². The highest BCUT2D eigenvalue weighted by molar-refractivity contribution is 6.32. The van der Waals surface area contributed by atoms with Crippen molar-refractivity contribution in [2.24, 2.45) is 0 Å². The summed E-state index contributed by atoms with van der Waals surface area (Å²) in [5, 5.41) is 0.897. The maximum Gasteiger partial charge on any atom is 0.289 e. The average molecular weight is 397 g/mol. The topological polar surface area (TPSA) is 53.8 Å². The number of piperazine rings is 1. The van der Waals surface area contributed by atoms with E-state index in [0.29, 0.717) is 29.1 Å². The predicted octanol–water partition coefficient (Wildman–Crippen LogP) is 3.71. The van der Waals surface area contributed by atoms with Crippen molar-refractivity contribution in [1.29, 1.82) is 0 Å². The molecule has 0 aliphatic carbocycles. The molecule has 0 radical (unpaired) electrons. The number of aryl methyl sites for hydroxylation is 1. The van der Waals surface area contributed by atoms with Crippen LogP contribution in [0.5, 0.6) is 0 Å². The first-order valence-corrected chi connectivity index (χ1v) is 9.68. The highest BCUT2D eigenvalue weighted by Crippen LogP contribution is 2.23. The van der Waals surface area contributed by atoms with Crippen LogP contribution in [0.25, 0.3) is 11.0 Å². The molecule has 28 heavy (non-hydrogen) atoms. The van der Waals surface area contributed by atoms with Crippen LogP contribution in [0.15, 0.2) is 57.7 Å². The molecule has 0 bridgehead atoms. The number of benzene rings is 2. The first-order valence-electron chi connectivity index (χ1n) is 9.31. The van der Waals surface area contributed by atoms with E-state index in [1.807, 2.05) is 25.1 Å². The summed E-state index contributed by atoms with van der Waals surface area (Å²) in [4.78, 5) is 29.3. The number of rotatable bonds is 3. The Hall–Kier alpha value is -2.63. The van der Waals surface area contributed by atoms with Crippen molar-refractivity contribution in [2.45, 2.75) is 13.5 Å². The summed E-state index contributed by atoms with van der Waals surface area (Å²) < 4.78 is 5.75. The van der Waals surface area contributed by atoms with Crippen LogP contribution in [0.4, 0.5) is 0 Å². The summed E-state index contributed by atoms with van der Waals surface area (Å²) in [5.74, 6) is -0.165. The van der Waals surface area contributed by atoms with E-state index in [9.17, 15) is 9.59 Å². The zero-order chi connectivity index (χ0) is 19.7. The third kappa shape index (κ3) is 3.81. The second-order valence-electron chi connectivity index (χ2n) is 7.13. The summed E-state index contributed by atoms with van der Waals surface area (Å²) in [6.45, 7) is 5.48. The van der Waals surface area contributed by atoms with Crippen LogP contribution >= 0.6 is 11.6 Å². The fourth-order valence-corrected chi connectivity index (χ4v) is 3.65. The zero-order valence-corrected chi connectivity index (χ0v) is 16.4. The molecule has 2 aromatic carbocycles. The lowest BCUT2D eigenvalue weighted by Gasteiger charge is -2.34. The van der Waals surface area contributed by atoms with Crippen LogP contribution in [0.1, 0.15) is 21.7 Å². The Labute approximate surface area is 168 Å². The normalized spacial score (nSPS) is 15.1. The van der Waals surface area contributed by atoms with Gasteiger partial charge in [0.2, 0.25) is 0 Å². The molecule has 5 nitrogen and oxygen atoms in total. The minimum absolute atomic E-state index is 0.0794. The van der Waals surface area contributed by atoms with Crippen molar-refractivity contribution in [3.05, 3.63) is 80.7 Å². The Bertz CT molecular complexity index is 1070. The number of hydrogen-bond donors (Lipinski definition) is 0. The molecule has 1 fully saturated rings. The molecule has 1 amide bonds. The SMILES string of the molecule is Cc1cc2oc(C(=O)N3CCN(Cc4ccccc4)CC3)cc(=O)c2cc1Cl. The molecule has 0 atom stereocenters. The zero-order valence-electron chi connectivity index (χ0n) is 15.7. The first-order chi connectivity index (χ1) is 13.5. The van der Waals surface area contributed by atoms with E-state index in [4.69, 9.17) is 16.0 Å². The van der Waals surface area contributed by atoms with Gasteiger partial charge in [-0.2, -0.15) is 0 Å². The number of fused-ring (bicyclic) bond motifs is 1. The fraction of sp³-hybridized carbons (Fsp3) is 0.273. The summed E-state index contributed by atoms with van der Waals surface area (Å²) in [6.07, 6.45) is 0. The van der Waals surface area contributed by atoms with Gasteiger partial charge in [0.15, 0.2) is 11.2 Å². The minimum Gasteiger partial charge on any atom is -0.451 e. The van der Waals surface area contributed by atoms with Crippen LogP contribution in [0.3, 0.4) is 0 Å². The van der Waals surface area contributed by atoms with E-state index in [1.54, 1.807) is 17.0 Å². The molecule has 1 aromatic heterocycles. The molecule has 6 heteroatoms. The van der Waals surface area contributed by atoms with Gasteiger partial charge in [-0.1, -0.05) is 41.9 Å². The lowest BCUT2D eigenvalue weighted by molar-refractivity contribution is 0.0598. The molecular weight excluding hydrogens is 376 g/mol. The molecule has 0 spiro atoms.